The summed E-state index contributed by atoms with van der Waals surface area (Å²) in [5, 5.41) is 12.6. The number of hydrogen-bond donors (Lipinski definition) is 2. The van der Waals surface area contributed by atoms with Crippen molar-refractivity contribution in [2.45, 2.75) is 17.7 Å². The van der Waals surface area contributed by atoms with Crippen LogP contribution in [-0.2, 0) is 14.6 Å². The van der Waals surface area contributed by atoms with Crippen LogP contribution in [0.15, 0.2) is 46.4 Å². The predicted octanol–water partition coefficient (Wildman–Crippen LogP) is 2.13. The average Bonchev–Trinajstić information content (AvgIpc) is 3.46. The Morgan fingerprint density at radius 3 is 2.56 bits per heavy atom. The minimum atomic E-state index is -3.34. The van der Waals surface area contributed by atoms with Crippen molar-refractivity contribution in [1.82, 2.24) is 20.3 Å². The first-order valence-corrected chi connectivity index (χ1v) is 13.5. The molecule has 0 radical (unpaired) electrons. The molecule has 0 aliphatic carbocycles. The van der Waals surface area contributed by atoms with Gasteiger partial charge >= 0.3 is 0 Å². The fourth-order valence-electron chi connectivity index (χ4n) is 3.38. The first-order chi connectivity index (χ1) is 16.3. The summed E-state index contributed by atoms with van der Waals surface area (Å²) in [5.74, 6) is 0.0649. The number of sulfone groups is 1. The fourth-order valence-corrected chi connectivity index (χ4v) is 4.84. The van der Waals surface area contributed by atoms with Gasteiger partial charge in [0.1, 0.15) is 17.0 Å². The van der Waals surface area contributed by atoms with Gasteiger partial charge in [-0.2, -0.15) is 5.10 Å². The van der Waals surface area contributed by atoms with E-state index in [0.29, 0.717) is 40.1 Å². The van der Waals surface area contributed by atoms with Gasteiger partial charge in [0.25, 0.3) is 5.91 Å². The maximum Gasteiger partial charge on any atom is 0.278 e. The molecule has 10 nitrogen and oxygen atoms in total. The van der Waals surface area contributed by atoms with E-state index in [9.17, 15) is 13.2 Å². The maximum atomic E-state index is 13.2. The predicted molar refractivity (Wildman–Crippen MR) is 132 cm³/mol. The molecule has 12 heteroatoms. The molecule has 0 atom stereocenters. The number of nitrogens with one attached hydrogen (secondary N) is 2. The first-order valence-electron chi connectivity index (χ1n) is 10.8. The van der Waals surface area contributed by atoms with Crippen LogP contribution in [0.5, 0.6) is 5.88 Å². The highest BCUT2D eigenvalue weighted by Crippen LogP contribution is 2.26. The largest absolute Gasteiger partial charge is 0.476 e. The van der Waals surface area contributed by atoms with Crippen LogP contribution in [-0.4, -0.2) is 74.6 Å². The van der Waals surface area contributed by atoms with E-state index < -0.39 is 15.7 Å². The normalized spacial score (nSPS) is 14.5. The SMILES string of the molecule is CNCCOc1ccc2nc(NC(=O)C(=NN3CCCC3)c3ccc(S(C)(=O)=O)cc3)sc2n1. The molecule has 4 rings (SSSR count). The van der Waals surface area contributed by atoms with E-state index >= 15 is 0 Å². The molecule has 0 bridgehead atoms. The molecule has 0 spiro atoms. The lowest BCUT2D eigenvalue weighted by molar-refractivity contribution is -0.110. The highest BCUT2D eigenvalue weighted by Gasteiger charge is 2.21. The van der Waals surface area contributed by atoms with E-state index in [2.05, 4.69) is 25.7 Å². The Morgan fingerprint density at radius 1 is 1.15 bits per heavy atom. The van der Waals surface area contributed by atoms with Crippen LogP contribution in [0.4, 0.5) is 5.13 Å². The van der Waals surface area contributed by atoms with Gasteiger partial charge in [0, 0.05) is 37.5 Å². The van der Waals surface area contributed by atoms with Crippen molar-refractivity contribution in [3.05, 3.63) is 42.0 Å². The van der Waals surface area contributed by atoms with Crippen molar-refractivity contribution < 1.29 is 17.9 Å². The Bertz CT molecular complexity index is 1300. The number of fused-ring (bicyclic) bond motifs is 1. The molecular weight excluding hydrogens is 476 g/mol. The highest BCUT2D eigenvalue weighted by molar-refractivity contribution is 7.90. The molecule has 3 heterocycles. The van der Waals surface area contributed by atoms with Gasteiger partial charge < -0.3 is 10.1 Å². The lowest BCUT2D eigenvalue weighted by atomic mass is 10.1. The van der Waals surface area contributed by atoms with E-state index in [4.69, 9.17) is 4.74 Å². The second kappa shape index (κ2) is 10.5. The Morgan fingerprint density at radius 2 is 1.88 bits per heavy atom. The number of benzene rings is 1. The second-order valence-electron chi connectivity index (χ2n) is 7.80. The molecular formula is C22H26N6O4S2. The van der Waals surface area contributed by atoms with Crippen molar-refractivity contribution in [2.75, 3.05) is 44.9 Å². The zero-order valence-electron chi connectivity index (χ0n) is 18.9. The fraction of sp³-hybridized carbons (Fsp3) is 0.364. The number of pyridine rings is 1. The molecule has 0 saturated carbocycles. The molecule has 1 fully saturated rings. The Hall–Kier alpha value is -3.09. The number of hydrogen-bond acceptors (Lipinski definition) is 10. The quantitative estimate of drug-likeness (QED) is 0.337. The Labute approximate surface area is 202 Å². The van der Waals surface area contributed by atoms with E-state index in [1.165, 1.54) is 23.5 Å². The van der Waals surface area contributed by atoms with Crippen LogP contribution < -0.4 is 15.4 Å². The van der Waals surface area contributed by atoms with Gasteiger partial charge in [-0.3, -0.25) is 15.1 Å². The molecule has 1 saturated heterocycles. The number of hydrazone groups is 1. The van der Waals surface area contributed by atoms with Crippen molar-refractivity contribution in [1.29, 1.82) is 0 Å². The van der Waals surface area contributed by atoms with Crippen molar-refractivity contribution in [2.24, 2.45) is 5.10 Å². The monoisotopic (exact) mass is 502 g/mol. The minimum Gasteiger partial charge on any atom is -0.476 e. The highest BCUT2D eigenvalue weighted by atomic mass is 32.2. The number of aromatic nitrogens is 2. The molecule has 180 valence electrons. The van der Waals surface area contributed by atoms with Crippen LogP contribution in [0.2, 0.25) is 0 Å². The van der Waals surface area contributed by atoms with Crippen molar-refractivity contribution >= 4 is 48.3 Å². The number of ether oxygens (including phenoxy) is 1. The van der Waals surface area contributed by atoms with Crippen LogP contribution in [0.25, 0.3) is 10.3 Å². The smallest absolute Gasteiger partial charge is 0.278 e. The summed E-state index contributed by atoms with van der Waals surface area (Å²) in [5.41, 5.74) is 1.37. The second-order valence-corrected chi connectivity index (χ2v) is 10.8. The molecule has 1 aliphatic rings. The third-order valence-electron chi connectivity index (χ3n) is 5.15. The van der Waals surface area contributed by atoms with Crippen molar-refractivity contribution in [3.8, 4) is 5.88 Å². The van der Waals surface area contributed by atoms with Crippen LogP contribution >= 0.6 is 11.3 Å². The molecule has 2 aromatic heterocycles. The number of rotatable bonds is 9. The van der Waals surface area contributed by atoms with Crippen molar-refractivity contribution in [3.63, 3.8) is 0 Å². The summed E-state index contributed by atoms with van der Waals surface area (Å²) in [6.07, 6.45) is 3.16. The zero-order chi connectivity index (χ0) is 24.1. The van der Waals surface area contributed by atoms with E-state index in [0.717, 1.165) is 32.2 Å². The summed E-state index contributed by atoms with van der Waals surface area (Å²) in [6, 6.07) is 9.70. The number of carbonyl (C=O) groups excluding carboxylic acids is 1. The molecule has 0 unspecified atom stereocenters. The van der Waals surface area contributed by atoms with E-state index in [1.54, 1.807) is 24.3 Å². The summed E-state index contributed by atoms with van der Waals surface area (Å²) >= 11 is 1.24. The number of anilines is 1. The number of nitrogens with zero attached hydrogens (tertiary/aromatic N) is 4. The first kappa shape index (κ1) is 24.0. The third-order valence-corrected chi connectivity index (χ3v) is 7.16. The van der Waals surface area contributed by atoms with Gasteiger partial charge in [0.05, 0.1) is 4.90 Å². The molecule has 3 aromatic rings. The van der Waals surface area contributed by atoms with Crippen LogP contribution in [0.3, 0.4) is 0 Å². The molecule has 1 aliphatic heterocycles. The van der Waals surface area contributed by atoms with Gasteiger partial charge in [-0.1, -0.05) is 23.5 Å². The Kier molecular flexibility index (Phi) is 7.39. The Balaban J connectivity index is 1.57. The average molecular weight is 503 g/mol. The zero-order valence-corrected chi connectivity index (χ0v) is 20.6. The maximum absolute atomic E-state index is 13.2. The summed E-state index contributed by atoms with van der Waals surface area (Å²) in [7, 11) is -1.50. The summed E-state index contributed by atoms with van der Waals surface area (Å²) in [6.45, 7) is 2.72. The number of thiazole rings is 1. The van der Waals surface area contributed by atoms with Gasteiger partial charge in [0.2, 0.25) is 5.88 Å². The topological polar surface area (TPSA) is 126 Å². The van der Waals surface area contributed by atoms with E-state index in [1.807, 2.05) is 12.1 Å². The molecule has 1 aromatic carbocycles. The molecule has 1 amide bonds. The summed E-state index contributed by atoms with van der Waals surface area (Å²) in [4.78, 5) is 23.0. The number of likely N-dealkylation sites (N-methyl/N-ethyl adjacent to an activating group) is 1. The van der Waals surface area contributed by atoms with Gasteiger partial charge in [-0.15, -0.1) is 0 Å². The third kappa shape index (κ3) is 5.88. The van der Waals surface area contributed by atoms with Gasteiger partial charge in [0.15, 0.2) is 20.7 Å². The number of amides is 1. The standard InChI is InChI=1S/C22H26N6O4S2/c1-23-11-14-32-18-10-9-17-21(25-18)33-22(24-17)26-20(29)19(27-28-12-3-4-13-28)15-5-7-16(8-6-15)34(2,30)31/h5-10,23H,3-4,11-14H2,1-2H3,(H,24,26,29). The van der Waals surface area contributed by atoms with Gasteiger partial charge in [-0.25, -0.2) is 18.4 Å². The lowest BCUT2D eigenvalue weighted by Crippen LogP contribution is -2.27. The summed E-state index contributed by atoms with van der Waals surface area (Å²) < 4.78 is 29.2. The van der Waals surface area contributed by atoms with Crippen LogP contribution in [0.1, 0.15) is 18.4 Å². The van der Waals surface area contributed by atoms with Crippen LogP contribution in [0, 0.1) is 0 Å². The van der Waals surface area contributed by atoms with E-state index in [-0.39, 0.29) is 10.6 Å². The lowest BCUT2D eigenvalue weighted by Gasteiger charge is -2.14. The number of carbonyl (C=O) groups is 1. The molecule has 34 heavy (non-hydrogen) atoms. The van der Waals surface area contributed by atoms with Gasteiger partial charge in [-0.05, 0) is 38.1 Å². The minimum absolute atomic E-state index is 0.183. The molecule has 2 N–H and O–H groups in total.